The van der Waals surface area contributed by atoms with Crippen molar-refractivity contribution < 1.29 is 4.42 Å². The number of anilines is 1. The van der Waals surface area contributed by atoms with E-state index in [9.17, 15) is 0 Å². The summed E-state index contributed by atoms with van der Waals surface area (Å²) in [7, 11) is 0. The smallest absolute Gasteiger partial charge is 0.153 e. The summed E-state index contributed by atoms with van der Waals surface area (Å²) in [5.74, 6) is 1.61. The number of fused-ring (bicyclic) bond motifs is 1. The average molecular weight is 320 g/mol. The lowest BCUT2D eigenvalue weighted by Crippen LogP contribution is -2.09. The van der Waals surface area contributed by atoms with Crippen LogP contribution in [0.15, 0.2) is 39.2 Å². The van der Waals surface area contributed by atoms with E-state index in [4.69, 9.17) is 4.42 Å². The molecule has 5 heteroatoms. The summed E-state index contributed by atoms with van der Waals surface area (Å²) >= 11 is 3.46. The second-order valence-electron chi connectivity index (χ2n) is 4.76. The van der Waals surface area contributed by atoms with Gasteiger partial charge in [0.05, 0.1) is 0 Å². The maximum atomic E-state index is 5.81. The molecule has 19 heavy (non-hydrogen) atoms. The van der Waals surface area contributed by atoms with E-state index in [0.717, 1.165) is 32.7 Å². The van der Waals surface area contributed by atoms with Gasteiger partial charge in [0.2, 0.25) is 0 Å². The molecular formula is C14H14BrN3O. The number of furan rings is 1. The highest BCUT2D eigenvalue weighted by Gasteiger charge is 2.10. The number of nitrogens with zero attached hydrogens (tertiary/aromatic N) is 1. The fraction of sp³-hybridized carbons (Fsp3) is 0.214. The van der Waals surface area contributed by atoms with Crippen molar-refractivity contribution in [2.75, 3.05) is 5.32 Å². The van der Waals surface area contributed by atoms with Gasteiger partial charge in [0.25, 0.3) is 0 Å². The van der Waals surface area contributed by atoms with Crippen LogP contribution in [0.1, 0.15) is 13.8 Å². The summed E-state index contributed by atoms with van der Waals surface area (Å²) in [4.78, 5) is 0. The molecule has 0 atom stereocenters. The van der Waals surface area contributed by atoms with E-state index in [1.165, 1.54) is 0 Å². The van der Waals surface area contributed by atoms with Crippen LogP contribution in [0.4, 0.5) is 5.82 Å². The molecule has 0 aliphatic heterocycles. The minimum Gasteiger partial charge on any atom is -0.454 e. The molecule has 0 fully saturated rings. The summed E-state index contributed by atoms with van der Waals surface area (Å²) in [6, 6.07) is 10.3. The molecule has 2 heterocycles. The number of aromatic amines is 1. The summed E-state index contributed by atoms with van der Waals surface area (Å²) < 4.78 is 6.85. The van der Waals surface area contributed by atoms with Crippen LogP contribution < -0.4 is 5.32 Å². The molecule has 0 radical (unpaired) electrons. The average Bonchev–Trinajstić information content (AvgIpc) is 2.93. The molecule has 2 aromatic heterocycles. The highest BCUT2D eigenvalue weighted by Crippen LogP contribution is 2.29. The first kappa shape index (κ1) is 12.3. The Morgan fingerprint density at radius 3 is 2.89 bits per heavy atom. The van der Waals surface area contributed by atoms with E-state index in [1.54, 1.807) is 0 Å². The van der Waals surface area contributed by atoms with Gasteiger partial charge in [-0.1, -0.05) is 15.9 Å². The molecule has 0 saturated carbocycles. The Bertz CT molecular complexity index is 714. The van der Waals surface area contributed by atoms with Crippen LogP contribution in [0.2, 0.25) is 0 Å². The molecule has 2 N–H and O–H groups in total. The predicted octanol–water partition coefficient (Wildman–Crippen LogP) is 4.41. The lowest BCUT2D eigenvalue weighted by atomic mass is 10.2. The third-order valence-electron chi connectivity index (χ3n) is 2.76. The first-order chi connectivity index (χ1) is 9.11. The van der Waals surface area contributed by atoms with Crippen LogP contribution in [0.3, 0.4) is 0 Å². The minimum absolute atomic E-state index is 0.350. The van der Waals surface area contributed by atoms with Crippen molar-refractivity contribution in [2.24, 2.45) is 0 Å². The van der Waals surface area contributed by atoms with Crippen molar-refractivity contribution >= 4 is 32.7 Å². The maximum Gasteiger partial charge on any atom is 0.153 e. The van der Waals surface area contributed by atoms with E-state index in [1.807, 2.05) is 30.3 Å². The van der Waals surface area contributed by atoms with E-state index >= 15 is 0 Å². The maximum absolute atomic E-state index is 5.81. The largest absolute Gasteiger partial charge is 0.454 e. The molecule has 0 aliphatic rings. The van der Waals surface area contributed by atoms with Crippen LogP contribution in [0.25, 0.3) is 22.4 Å². The summed E-state index contributed by atoms with van der Waals surface area (Å²) in [6.45, 7) is 4.15. The fourth-order valence-corrected chi connectivity index (χ4v) is 2.34. The van der Waals surface area contributed by atoms with Gasteiger partial charge in [-0.25, -0.2) is 0 Å². The quantitative estimate of drug-likeness (QED) is 0.752. The number of hydrogen-bond donors (Lipinski definition) is 2. The molecule has 0 aliphatic carbocycles. The van der Waals surface area contributed by atoms with Gasteiger partial charge >= 0.3 is 0 Å². The van der Waals surface area contributed by atoms with Crippen molar-refractivity contribution in [1.82, 2.24) is 10.2 Å². The zero-order chi connectivity index (χ0) is 13.4. The van der Waals surface area contributed by atoms with E-state index in [-0.39, 0.29) is 0 Å². The number of H-pyrrole nitrogens is 1. The van der Waals surface area contributed by atoms with Gasteiger partial charge in [0.15, 0.2) is 5.76 Å². The Morgan fingerprint density at radius 1 is 1.26 bits per heavy atom. The molecule has 1 aromatic carbocycles. The summed E-state index contributed by atoms with van der Waals surface area (Å²) in [6.07, 6.45) is 0. The third-order valence-corrected chi connectivity index (χ3v) is 3.25. The van der Waals surface area contributed by atoms with Gasteiger partial charge in [-0.05, 0) is 38.1 Å². The molecule has 0 amide bonds. The number of hydrogen-bond acceptors (Lipinski definition) is 3. The SMILES string of the molecule is CC(C)Nc1cc(-c2cc3cc(Br)ccc3o2)[nH]n1. The summed E-state index contributed by atoms with van der Waals surface area (Å²) in [5.41, 5.74) is 1.74. The van der Waals surface area contributed by atoms with Crippen molar-refractivity contribution in [2.45, 2.75) is 19.9 Å². The number of rotatable bonds is 3. The first-order valence-electron chi connectivity index (χ1n) is 6.13. The van der Waals surface area contributed by atoms with Crippen LogP contribution in [-0.4, -0.2) is 16.2 Å². The molecule has 3 aromatic rings. The Hall–Kier alpha value is -1.75. The van der Waals surface area contributed by atoms with Crippen LogP contribution >= 0.6 is 15.9 Å². The van der Waals surface area contributed by atoms with Crippen LogP contribution in [0.5, 0.6) is 0 Å². The minimum atomic E-state index is 0.350. The lowest BCUT2D eigenvalue weighted by Gasteiger charge is -2.03. The second kappa shape index (κ2) is 4.74. The molecule has 4 nitrogen and oxygen atoms in total. The number of aromatic nitrogens is 2. The third kappa shape index (κ3) is 2.51. The van der Waals surface area contributed by atoms with E-state index in [0.29, 0.717) is 6.04 Å². The normalized spacial score (nSPS) is 11.4. The van der Waals surface area contributed by atoms with Gasteiger partial charge < -0.3 is 9.73 Å². The van der Waals surface area contributed by atoms with Crippen molar-refractivity contribution in [3.8, 4) is 11.5 Å². The van der Waals surface area contributed by atoms with Crippen LogP contribution in [-0.2, 0) is 0 Å². The molecule has 0 spiro atoms. The van der Waals surface area contributed by atoms with E-state index in [2.05, 4.69) is 45.3 Å². The van der Waals surface area contributed by atoms with Gasteiger partial charge in [-0.2, -0.15) is 5.10 Å². The highest BCUT2D eigenvalue weighted by molar-refractivity contribution is 9.10. The standard InChI is InChI=1S/C14H14BrN3O/c1-8(2)16-14-7-11(17-18-14)13-6-9-5-10(15)3-4-12(9)19-13/h3-8H,1-2H3,(H2,16,17,18). The molecule has 0 unspecified atom stereocenters. The Morgan fingerprint density at radius 2 is 2.11 bits per heavy atom. The molecule has 0 saturated heterocycles. The monoisotopic (exact) mass is 319 g/mol. The Balaban J connectivity index is 1.97. The van der Waals surface area contributed by atoms with Crippen molar-refractivity contribution in [3.63, 3.8) is 0 Å². The molecule has 3 rings (SSSR count). The van der Waals surface area contributed by atoms with Crippen LogP contribution in [0, 0.1) is 0 Å². The lowest BCUT2D eigenvalue weighted by molar-refractivity contribution is 0.628. The van der Waals surface area contributed by atoms with Gasteiger partial charge in [-0.3, -0.25) is 5.10 Å². The summed E-state index contributed by atoms with van der Waals surface area (Å²) in [5, 5.41) is 11.5. The number of nitrogens with one attached hydrogen (secondary N) is 2. The van der Waals surface area contributed by atoms with Gasteiger partial charge in [0.1, 0.15) is 17.1 Å². The second-order valence-corrected chi connectivity index (χ2v) is 5.67. The highest BCUT2D eigenvalue weighted by atomic mass is 79.9. The Labute approximate surface area is 119 Å². The number of benzene rings is 1. The first-order valence-corrected chi connectivity index (χ1v) is 6.92. The Kier molecular flexibility index (Phi) is 3.06. The zero-order valence-electron chi connectivity index (χ0n) is 10.7. The van der Waals surface area contributed by atoms with Crippen molar-refractivity contribution in [3.05, 3.63) is 34.8 Å². The molecular weight excluding hydrogens is 306 g/mol. The number of halogens is 1. The zero-order valence-corrected chi connectivity index (χ0v) is 12.3. The predicted molar refractivity (Wildman–Crippen MR) is 80.3 cm³/mol. The molecule has 0 bridgehead atoms. The topological polar surface area (TPSA) is 53.9 Å². The molecule has 98 valence electrons. The van der Waals surface area contributed by atoms with Crippen molar-refractivity contribution in [1.29, 1.82) is 0 Å². The fourth-order valence-electron chi connectivity index (χ4n) is 1.96. The van der Waals surface area contributed by atoms with Gasteiger partial charge in [-0.15, -0.1) is 0 Å². The van der Waals surface area contributed by atoms with Gasteiger partial charge in [0, 0.05) is 22.0 Å². The van der Waals surface area contributed by atoms with E-state index < -0.39 is 0 Å².